The number of aliphatic hydroxyl groups is 1. The number of nitrogens with one attached hydrogen (secondary N) is 1. The van der Waals surface area contributed by atoms with Crippen LogP contribution in [0.2, 0.25) is 0 Å². The second-order valence-electron chi connectivity index (χ2n) is 2.90. The van der Waals surface area contributed by atoms with Crippen molar-refractivity contribution in [1.82, 2.24) is 5.32 Å². The molecule has 11 heavy (non-hydrogen) atoms. The smallest absolute Gasteiger partial charge is 0.223 e. The molecule has 0 spiro atoms. The van der Waals surface area contributed by atoms with E-state index in [0.29, 0.717) is 0 Å². The Bertz CT molecular complexity index is 163. The molecule has 0 aromatic rings. The molecular formula is C7H12FNO2. The van der Waals surface area contributed by atoms with Crippen LogP contribution in [-0.4, -0.2) is 30.3 Å². The molecule has 2 N–H and O–H groups in total. The summed E-state index contributed by atoms with van der Waals surface area (Å²) in [5, 5.41) is 11.2. The largest absolute Gasteiger partial charge is 0.394 e. The lowest BCUT2D eigenvalue weighted by Crippen LogP contribution is -2.33. The lowest BCUT2D eigenvalue weighted by molar-refractivity contribution is -0.122. The summed E-state index contributed by atoms with van der Waals surface area (Å²) < 4.78 is 12.3. The molecule has 0 bridgehead atoms. The van der Waals surface area contributed by atoms with Crippen molar-refractivity contribution in [2.75, 3.05) is 13.3 Å². The summed E-state index contributed by atoms with van der Waals surface area (Å²) in [5.74, 6) is -0.823. The number of hydrogen-bond acceptors (Lipinski definition) is 2. The molecule has 3 atom stereocenters. The van der Waals surface area contributed by atoms with Crippen LogP contribution in [-0.2, 0) is 4.79 Å². The van der Waals surface area contributed by atoms with Gasteiger partial charge in [-0.1, -0.05) is 6.92 Å². The van der Waals surface area contributed by atoms with Gasteiger partial charge >= 0.3 is 0 Å². The molecule has 0 aromatic carbocycles. The highest BCUT2D eigenvalue weighted by Crippen LogP contribution is 2.23. The molecule has 1 fully saturated rings. The van der Waals surface area contributed by atoms with E-state index in [4.69, 9.17) is 5.11 Å². The topological polar surface area (TPSA) is 49.3 Å². The monoisotopic (exact) mass is 161 g/mol. The lowest BCUT2D eigenvalue weighted by Gasteiger charge is -2.14. The fourth-order valence-corrected chi connectivity index (χ4v) is 1.39. The molecule has 0 saturated carbocycles. The molecule has 4 heteroatoms. The number of carbonyl (C=O) groups excluding carboxylic acids is 1. The first-order valence-electron chi connectivity index (χ1n) is 3.68. The number of alkyl halides is 1. The van der Waals surface area contributed by atoms with Crippen LogP contribution in [0, 0.1) is 11.8 Å². The van der Waals surface area contributed by atoms with Crippen LogP contribution in [0.3, 0.4) is 0 Å². The Morgan fingerprint density at radius 1 is 1.73 bits per heavy atom. The standard InChI is InChI=1S/C7H12FNO2/c1-4-5(2-8)6(3-10)9-7(4)11/h4-6,10H,2-3H2,1H3,(H,9,11)/t4-,5?,6+/m0/s1. The molecule has 0 aromatic heterocycles. The minimum Gasteiger partial charge on any atom is -0.394 e. The number of carbonyl (C=O) groups is 1. The van der Waals surface area contributed by atoms with E-state index >= 15 is 0 Å². The van der Waals surface area contributed by atoms with Crippen molar-refractivity contribution in [2.24, 2.45) is 11.8 Å². The first-order chi connectivity index (χ1) is 5.20. The Morgan fingerprint density at radius 2 is 2.36 bits per heavy atom. The Kier molecular flexibility index (Phi) is 2.44. The van der Waals surface area contributed by atoms with Crippen LogP contribution >= 0.6 is 0 Å². The van der Waals surface area contributed by atoms with Gasteiger partial charge in [-0.25, -0.2) is 0 Å². The van der Waals surface area contributed by atoms with Crippen LogP contribution in [0.25, 0.3) is 0 Å². The molecule has 3 nitrogen and oxygen atoms in total. The Morgan fingerprint density at radius 3 is 2.73 bits per heavy atom. The summed E-state index contributed by atoms with van der Waals surface area (Å²) >= 11 is 0. The zero-order valence-electron chi connectivity index (χ0n) is 6.38. The molecule has 1 aliphatic rings. The molecule has 1 amide bonds. The summed E-state index contributed by atoms with van der Waals surface area (Å²) in [6.07, 6.45) is 0. The van der Waals surface area contributed by atoms with Crippen LogP contribution in [0.15, 0.2) is 0 Å². The van der Waals surface area contributed by atoms with Crippen LogP contribution in [0.5, 0.6) is 0 Å². The average Bonchev–Trinajstić information content (AvgIpc) is 2.28. The molecule has 1 heterocycles. The Hall–Kier alpha value is -0.640. The SMILES string of the molecule is C[C@@H]1C(=O)N[C@H](CO)C1CF. The molecule has 1 rings (SSSR count). The second-order valence-corrected chi connectivity index (χ2v) is 2.90. The molecule has 1 saturated heterocycles. The van der Waals surface area contributed by atoms with E-state index in [2.05, 4.69) is 5.32 Å². The molecule has 0 aliphatic carbocycles. The average molecular weight is 161 g/mol. The molecular weight excluding hydrogens is 149 g/mol. The van der Waals surface area contributed by atoms with Gasteiger partial charge < -0.3 is 10.4 Å². The third-order valence-electron chi connectivity index (χ3n) is 2.28. The van der Waals surface area contributed by atoms with Crippen LogP contribution in [0.1, 0.15) is 6.92 Å². The predicted molar refractivity (Wildman–Crippen MR) is 37.6 cm³/mol. The van der Waals surface area contributed by atoms with Crippen molar-refractivity contribution in [3.8, 4) is 0 Å². The van der Waals surface area contributed by atoms with Gasteiger partial charge in [-0.3, -0.25) is 9.18 Å². The van der Waals surface area contributed by atoms with Gasteiger partial charge in [-0.2, -0.15) is 0 Å². The summed E-state index contributed by atoms with van der Waals surface area (Å²) in [6.45, 7) is 0.949. The predicted octanol–water partition coefficient (Wildman–Crippen LogP) is -0.301. The number of rotatable bonds is 2. The fourth-order valence-electron chi connectivity index (χ4n) is 1.39. The van der Waals surface area contributed by atoms with E-state index in [0.717, 1.165) is 0 Å². The minimum absolute atomic E-state index is 0.160. The third-order valence-corrected chi connectivity index (χ3v) is 2.28. The van der Waals surface area contributed by atoms with Crippen molar-refractivity contribution in [3.05, 3.63) is 0 Å². The molecule has 1 aliphatic heterocycles. The zero-order valence-corrected chi connectivity index (χ0v) is 6.38. The maximum Gasteiger partial charge on any atom is 0.223 e. The highest BCUT2D eigenvalue weighted by Gasteiger charge is 2.38. The summed E-state index contributed by atoms with van der Waals surface area (Å²) in [6, 6.07) is -0.387. The van der Waals surface area contributed by atoms with Crippen LogP contribution in [0.4, 0.5) is 4.39 Å². The van der Waals surface area contributed by atoms with Crippen molar-refractivity contribution in [3.63, 3.8) is 0 Å². The van der Waals surface area contributed by atoms with Gasteiger partial charge in [0.25, 0.3) is 0 Å². The molecule has 64 valence electrons. The van der Waals surface area contributed by atoms with E-state index in [1.165, 1.54) is 0 Å². The van der Waals surface area contributed by atoms with E-state index in [-0.39, 0.29) is 30.4 Å². The van der Waals surface area contributed by atoms with Crippen LogP contribution < -0.4 is 5.32 Å². The van der Waals surface area contributed by atoms with Gasteiger partial charge in [-0.05, 0) is 0 Å². The minimum atomic E-state index is -0.550. The lowest BCUT2D eigenvalue weighted by atomic mass is 9.93. The van der Waals surface area contributed by atoms with E-state index in [9.17, 15) is 9.18 Å². The normalized spacial score (nSPS) is 37.4. The van der Waals surface area contributed by atoms with Gasteiger partial charge in [0.15, 0.2) is 0 Å². The van der Waals surface area contributed by atoms with Gasteiger partial charge in [0.05, 0.1) is 19.3 Å². The quantitative estimate of drug-likeness (QED) is 0.584. The van der Waals surface area contributed by atoms with Gasteiger partial charge in [0, 0.05) is 11.8 Å². The number of hydrogen-bond donors (Lipinski definition) is 2. The fraction of sp³-hybridized carbons (Fsp3) is 0.857. The van der Waals surface area contributed by atoms with E-state index in [1.807, 2.05) is 0 Å². The second kappa shape index (κ2) is 3.17. The number of halogens is 1. The zero-order chi connectivity index (χ0) is 8.43. The molecule has 1 unspecified atom stereocenters. The van der Waals surface area contributed by atoms with Gasteiger partial charge in [0.2, 0.25) is 5.91 Å². The summed E-state index contributed by atoms with van der Waals surface area (Å²) in [4.78, 5) is 10.9. The highest BCUT2D eigenvalue weighted by atomic mass is 19.1. The number of amides is 1. The van der Waals surface area contributed by atoms with Crippen molar-refractivity contribution >= 4 is 5.91 Å². The molecule has 0 radical (unpaired) electrons. The number of aliphatic hydroxyl groups excluding tert-OH is 1. The third kappa shape index (κ3) is 1.35. The van der Waals surface area contributed by atoms with Crippen molar-refractivity contribution in [2.45, 2.75) is 13.0 Å². The highest BCUT2D eigenvalue weighted by molar-refractivity contribution is 5.81. The van der Waals surface area contributed by atoms with E-state index < -0.39 is 6.67 Å². The van der Waals surface area contributed by atoms with Crippen molar-refractivity contribution in [1.29, 1.82) is 0 Å². The van der Waals surface area contributed by atoms with Gasteiger partial charge in [0.1, 0.15) is 0 Å². The summed E-state index contributed by atoms with van der Waals surface area (Å²) in [7, 11) is 0. The Labute approximate surface area is 64.6 Å². The first-order valence-corrected chi connectivity index (χ1v) is 3.68. The van der Waals surface area contributed by atoms with Crippen molar-refractivity contribution < 1.29 is 14.3 Å². The van der Waals surface area contributed by atoms with Gasteiger partial charge in [-0.15, -0.1) is 0 Å². The van der Waals surface area contributed by atoms with E-state index in [1.54, 1.807) is 6.92 Å². The summed E-state index contributed by atoms with van der Waals surface area (Å²) in [5.41, 5.74) is 0. The maximum atomic E-state index is 12.3. The first kappa shape index (κ1) is 8.46. The maximum absolute atomic E-state index is 12.3. The Balaban J connectivity index is 2.64.